The molecule has 41 heavy (non-hydrogen) atoms. The molecule has 218 valence electrons. The lowest BCUT2D eigenvalue weighted by atomic mass is 10.0. The van der Waals surface area contributed by atoms with E-state index in [0.29, 0.717) is 17.3 Å². The third kappa shape index (κ3) is 6.68. The van der Waals surface area contributed by atoms with Crippen LogP contribution >= 0.6 is 0 Å². The zero-order valence-electron chi connectivity index (χ0n) is 23.0. The summed E-state index contributed by atoms with van der Waals surface area (Å²) in [5, 5.41) is 10.7. The Bertz CT molecular complexity index is 1530. The number of ether oxygens (including phenoxy) is 1. The van der Waals surface area contributed by atoms with Crippen molar-refractivity contribution in [3.05, 3.63) is 94.7 Å². The molecule has 3 aromatic carbocycles. The second-order valence-corrected chi connectivity index (χ2v) is 9.81. The van der Waals surface area contributed by atoms with Gasteiger partial charge in [-0.3, -0.25) is 4.79 Å². The minimum absolute atomic E-state index is 0. The van der Waals surface area contributed by atoms with Crippen LogP contribution in [0.2, 0.25) is 0 Å². The van der Waals surface area contributed by atoms with E-state index < -0.39 is 0 Å². The van der Waals surface area contributed by atoms with E-state index in [2.05, 4.69) is 21.9 Å². The first-order chi connectivity index (χ1) is 19.0. The van der Waals surface area contributed by atoms with E-state index in [0.717, 1.165) is 57.7 Å². The summed E-state index contributed by atoms with van der Waals surface area (Å²) in [4.78, 5) is 17.6. The molecule has 0 radical (unpaired) electrons. The second kappa shape index (κ2) is 13.3. The molecule has 0 saturated heterocycles. The predicted octanol–water partition coefficient (Wildman–Crippen LogP) is 8.36. The van der Waals surface area contributed by atoms with Gasteiger partial charge in [-0.2, -0.15) is 4.98 Å². The first kappa shape index (κ1) is 31.1. The van der Waals surface area contributed by atoms with Crippen molar-refractivity contribution in [1.29, 1.82) is 0 Å². The Morgan fingerprint density at radius 1 is 1.07 bits per heavy atom. The van der Waals surface area contributed by atoms with Gasteiger partial charge in [0.1, 0.15) is 5.75 Å². The van der Waals surface area contributed by atoms with Gasteiger partial charge in [0.15, 0.2) is 0 Å². The average Bonchev–Trinajstić information content (AvgIpc) is 3.53. The fourth-order valence-electron chi connectivity index (χ4n) is 4.83. The number of nitrogens with one attached hydrogen (secondary N) is 2. The third-order valence-electron chi connectivity index (χ3n) is 6.72. The number of aromatic nitrogens is 2. The van der Waals surface area contributed by atoms with Crippen molar-refractivity contribution in [3.8, 4) is 28.6 Å². The molecule has 7 heteroatoms. The highest BCUT2D eigenvalue weighted by Gasteiger charge is 2.28. The van der Waals surface area contributed by atoms with Crippen LogP contribution < -0.4 is 15.4 Å². The van der Waals surface area contributed by atoms with Gasteiger partial charge in [0, 0.05) is 29.9 Å². The lowest BCUT2D eigenvalue weighted by Crippen LogP contribution is -2.27. The van der Waals surface area contributed by atoms with Crippen LogP contribution in [0.1, 0.15) is 89.0 Å². The summed E-state index contributed by atoms with van der Waals surface area (Å²) in [5.41, 5.74) is 7.81. The quantitative estimate of drug-likeness (QED) is 0.237. The van der Waals surface area contributed by atoms with E-state index >= 15 is 0 Å². The monoisotopic (exact) mass is 556 g/mol. The molecule has 1 atom stereocenters. The highest BCUT2D eigenvalue weighted by Crippen LogP contribution is 2.38. The molecule has 2 aliphatic rings. The standard InChI is InChI=1S/C30H28N4O3.C2H6.2CH4.H2/c1-17(2)36-27-14-11-20(15-24(27)26-16-31-26)30-33-28(34-37-30)23-6-4-5-22-21(23)12-13-25(22)32-29(35)19-9-7-18(3)8-10-19;1-2;;;/h4-11,14-17,25,31H,12-13H2,1-3H3,(H,32,35);1-2H3;2*1H4;1H/t25-;;;;/m1..../s1. The lowest BCUT2D eigenvalue weighted by molar-refractivity contribution is 0.0936. The maximum atomic E-state index is 12.8. The number of carbonyl (C=O) groups is 1. The molecular weight excluding hydrogens is 512 g/mol. The minimum atomic E-state index is -0.0638. The number of fused-ring (bicyclic) bond motifs is 1. The SMILES string of the molecule is C.C.CC.Cc1ccc(C(=O)N[C@@H]2CCc3c(-c4noc(-c5ccc(OC(C)C)c(C6=CN6)c5)n4)cccc32)cc1.[HH]. The van der Waals surface area contributed by atoms with Crippen LogP contribution in [0.15, 0.2) is 71.4 Å². The van der Waals surface area contributed by atoms with Gasteiger partial charge >= 0.3 is 0 Å². The minimum Gasteiger partial charge on any atom is -0.490 e. The maximum Gasteiger partial charge on any atom is 0.258 e. The molecule has 2 heterocycles. The van der Waals surface area contributed by atoms with Crippen molar-refractivity contribution < 1.29 is 15.5 Å². The number of hydrogen-bond acceptors (Lipinski definition) is 6. The van der Waals surface area contributed by atoms with Crippen LogP contribution in [0.4, 0.5) is 0 Å². The molecule has 2 N–H and O–H groups in total. The van der Waals surface area contributed by atoms with E-state index in [4.69, 9.17) is 14.2 Å². The van der Waals surface area contributed by atoms with Gasteiger partial charge in [0.2, 0.25) is 5.82 Å². The summed E-state index contributed by atoms with van der Waals surface area (Å²) in [5.74, 6) is 1.75. The number of hydrogen-bond donors (Lipinski definition) is 2. The summed E-state index contributed by atoms with van der Waals surface area (Å²) in [6, 6.07) is 19.5. The van der Waals surface area contributed by atoms with Crippen LogP contribution in [0, 0.1) is 6.92 Å². The van der Waals surface area contributed by atoms with Gasteiger partial charge < -0.3 is 19.9 Å². The number of benzene rings is 3. The van der Waals surface area contributed by atoms with Crippen LogP contribution in [0.3, 0.4) is 0 Å². The predicted molar refractivity (Wildman–Crippen MR) is 169 cm³/mol. The Labute approximate surface area is 245 Å². The van der Waals surface area contributed by atoms with Crippen molar-refractivity contribution in [1.82, 2.24) is 20.8 Å². The van der Waals surface area contributed by atoms with Gasteiger partial charge in [-0.1, -0.05) is 69.8 Å². The van der Waals surface area contributed by atoms with E-state index in [9.17, 15) is 4.79 Å². The molecule has 1 aliphatic heterocycles. The van der Waals surface area contributed by atoms with Crippen LogP contribution in [0.25, 0.3) is 28.5 Å². The molecule has 4 aromatic rings. The Morgan fingerprint density at radius 3 is 2.49 bits per heavy atom. The summed E-state index contributed by atoms with van der Waals surface area (Å²) >= 11 is 0. The molecule has 0 unspecified atom stereocenters. The zero-order chi connectivity index (χ0) is 27.5. The van der Waals surface area contributed by atoms with Gasteiger partial charge in [0.25, 0.3) is 11.8 Å². The number of carbonyl (C=O) groups excluding carboxylic acids is 1. The van der Waals surface area contributed by atoms with Gasteiger partial charge in [0.05, 0.1) is 17.8 Å². The van der Waals surface area contributed by atoms with E-state index in [1.165, 1.54) is 0 Å². The zero-order valence-corrected chi connectivity index (χ0v) is 23.0. The second-order valence-electron chi connectivity index (χ2n) is 9.81. The molecule has 1 amide bonds. The van der Waals surface area contributed by atoms with Crippen molar-refractivity contribution >= 4 is 11.6 Å². The smallest absolute Gasteiger partial charge is 0.258 e. The molecule has 0 bridgehead atoms. The van der Waals surface area contributed by atoms with Crippen molar-refractivity contribution in [2.24, 2.45) is 0 Å². The molecular formula is C34H44N4O3. The van der Waals surface area contributed by atoms with E-state index in [1.54, 1.807) is 0 Å². The average molecular weight is 557 g/mol. The maximum absolute atomic E-state index is 12.8. The summed E-state index contributed by atoms with van der Waals surface area (Å²) in [6.07, 6.45) is 3.67. The molecule has 6 rings (SSSR count). The first-order valence-corrected chi connectivity index (χ1v) is 13.6. The number of rotatable bonds is 7. The van der Waals surface area contributed by atoms with Gasteiger partial charge in [-0.25, -0.2) is 0 Å². The molecule has 7 nitrogen and oxygen atoms in total. The Balaban J connectivity index is 0.00000121. The van der Waals surface area contributed by atoms with E-state index in [-0.39, 0.29) is 34.3 Å². The van der Waals surface area contributed by atoms with Crippen molar-refractivity contribution in [3.63, 3.8) is 0 Å². The van der Waals surface area contributed by atoms with Crippen LogP contribution in [-0.4, -0.2) is 22.2 Å². The number of nitrogens with zero attached hydrogens (tertiary/aromatic N) is 2. The van der Waals surface area contributed by atoms with Gasteiger partial charge in [-0.05, 0) is 75.1 Å². The Hall–Kier alpha value is -4.39. The summed E-state index contributed by atoms with van der Waals surface area (Å²) in [6.45, 7) is 10.0. The molecule has 0 spiro atoms. The van der Waals surface area contributed by atoms with Gasteiger partial charge in [-0.15, -0.1) is 0 Å². The number of amides is 1. The van der Waals surface area contributed by atoms with Crippen molar-refractivity contribution in [2.45, 2.75) is 74.5 Å². The summed E-state index contributed by atoms with van der Waals surface area (Å²) < 4.78 is 11.6. The van der Waals surface area contributed by atoms with E-state index in [1.807, 2.05) is 95.4 Å². The highest BCUT2D eigenvalue weighted by molar-refractivity contribution is 5.94. The fraction of sp³-hybridized carbons (Fsp3) is 0.324. The Kier molecular flexibility index (Phi) is 10.1. The van der Waals surface area contributed by atoms with Crippen molar-refractivity contribution in [2.75, 3.05) is 0 Å². The fourth-order valence-corrected chi connectivity index (χ4v) is 4.83. The highest BCUT2D eigenvalue weighted by atomic mass is 16.5. The lowest BCUT2D eigenvalue weighted by Gasteiger charge is -2.15. The molecule has 0 saturated carbocycles. The Morgan fingerprint density at radius 2 is 1.80 bits per heavy atom. The normalized spacial score (nSPS) is 14.3. The first-order valence-electron chi connectivity index (χ1n) is 13.6. The number of aryl methyl sites for hydroxylation is 1. The molecule has 1 aliphatic carbocycles. The molecule has 0 fully saturated rings. The topological polar surface area (TPSA) is 99.2 Å². The van der Waals surface area contributed by atoms with Crippen LogP contribution in [0.5, 0.6) is 5.75 Å². The largest absolute Gasteiger partial charge is 0.490 e. The van der Waals surface area contributed by atoms with Crippen LogP contribution in [-0.2, 0) is 6.42 Å². The molecule has 1 aromatic heterocycles. The third-order valence-corrected chi connectivity index (χ3v) is 6.72. The summed E-state index contributed by atoms with van der Waals surface area (Å²) in [7, 11) is 0.